The van der Waals surface area contributed by atoms with Crippen molar-refractivity contribution in [1.82, 2.24) is 9.88 Å². The van der Waals surface area contributed by atoms with Crippen LogP contribution in [0.5, 0.6) is 0 Å². The standard InChI is InChI=1S/C16H24N2O/c19-15(14-5-4-10-17-14)13-18-11-8-16(9-12-18)6-2-1-3-7-16/h4-5,10,17H,1-3,6-9,11-13H2. The number of nitrogens with zero attached hydrogens (tertiary/aromatic N) is 1. The van der Waals surface area contributed by atoms with Gasteiger partial charge in [0.25, 0.3) is 0 Å². The van der Waals surface area contributed by atoms with Crippen molar-refractivity contribution in [3.05, 3.63) is 24.0 Å². The van der Waals surface area contributed by atoms with E-state index >= 15 is 0 Å². The predicted molar refractivity (Wildman–Crippen MR) is 76.3 cm³/mol. The van der Waals surface area contributed by atoms with Crippen LogP contribution in [0.2, 0.25) is 0 Å². The molecular formula is C16H24N2O. The minimum atomic E-state index is 0.226. The van der Waals surface area contributed by atoms with Crippen LogP contribution in [0, 0.1) is 5.41 Å². The van der Waals surface area contributed by atoms with E-state index in [9.17, 15) is 4.79 Å². The van der Waals surface area contributed by atoms with Gasteiger partial charge in [0.05, 0.1) is 12.2 Å². The molecule has 2 aliphatic rings. The second-order valence-electron chi connectivity index (χ2n) is 6.34. The van der Waals surface area contributed by atoms with Gasteiger partial charge in [0.15, 0.2) is 5.78 Å². The molecule has 1 saturated heterocycles. The van der Waals surface area contributed by atoms with Gasteiger partial charge in [-0.2, -0.15) is 0 Å². The summed E-state index contributed by atoms with van der Waals surface area (Å²) in [6.07, 6.45) is 11.5. The average Bonchev–Trinajstić information content (AvgIpc) is 2.97. The fraction of sp³-hybridized carbons (Fsp3) is 0.688. The lowest BCUT2D eigenvalue weighted by Gasteiger charge is -2.44. The molecule has 3 nitrogen and oxygen atoms in total. The maximum atomic E-state index is 12.1. The summed E-state index contributed by atoms with van der Waals surface area (Å²) in [5.41, 5.74) is 1.38. The van der Waals surface area contributed by atoms with E-state index in [4.69, 9.17) is 0 Å². The summed E-state index contributed by atoms with van der Waals surface area (Å²) in [7, 11) is 0. The number of piperidine rings is 1. The fourth-order valence-corrected chi connectivity index (χ4v) is 3.78. The Morgan fingerprint density at radius 2 is 1.89 bits per heavy atom. The van der Waals surface area contributed by atoms with Gasteiger partial charge in [-0.1, -0.05) is 19.3 Å². The Kier molecular flexibility index (Phi) is 3.74. The van der Waals surface area contributed by atoms with Gasteiger partial charge in [0.2, 0.25) is 0 Å². The molecule has 0 bridgehead atoms. The molecule has 3 rings (SSSR count). The van der Waals surface area contributed by atoms with Gasteiger partial charge in [0, 0.05) is 6.20 Å². The number of nitrogens with one attached hydrogen (secondary N) is 1. The number of carbonyl (C=O) groups is 1. The zero-order valence-electron chi connectivity index (χ0n) is 11.7. The highest BCUT2D eigenvalue weighted by Gasteiger charge is 2.35. The summed E-state index contributed by atoms with van der Waals surface area (Å²) < 4.78 is 0. The number of ketones is 1. The van der Waals surface area contributed by atoms with Crippen molar-refractivity contribution in [2.75, 3.05) is 19.6 Å². The smallest absolute Gasteiger partial charge is 0.192 e. The number of hydrogen-bond donors (Lipinski definition) is 1. The van der Waals surface area contributed by atoms with Crippen LogP contribution in [0.15, 0.2) is 18.3 Å². The van der Waals surface area contributed by atoms with Crippen LogP contribution >= 0.6 is 0 Å². The number of hydrogen-bond acceptors (Lipinski definition) is 2. The first-order chi connectivity index (χ1) is 9.27. The highest BCUT2D eigenvalue weighted by Crippen LogP contribution is 2.44. The molecule has 1 aromatic rings. The van der Waals surface area contributed by atoms with Crippen molar-refractivity contribution in [1.29, 1.82) is 0 Å². The molecule has 0 unspecified atom stereocenters. The molecule has 1 spiro atoms. The summed E-state index contributed by atoms with van der Waals surface area (Å²) >= 11 is 0. The Hall–Kier alpha value is -1.09. The predicted octanol–water partition coefficient (Wildman–Crippen LogP) is 3.24. The Labute approximate surface area is 115 Å². The van der Waals surface area contributed by atoms with Crippen LogP contribution in [0.3, 0.4) is 0 Å². The Morgan fingerprint density at radius 1 is 1.16 bits per heavy atom. The molecule has 0 radical (unpaired) electrons. The van der Waals surface area contributed by atoms with Crippen molar-refractivity contribution in [3.63, 3.8) is 0 Å². The highest BCUT2D eigenvalue weighted by atomic mass is 16.1. The van der Waals surface area contributed by atoms with Crippen LogP contribution in [0.25, 0.3) is 0 Å². The van der Waals surface area contributed by atoms with Gasteiger partial charge in [-0.05, 0) is 56.3 Å². The van der Waals surface area contributed by atoms with Crippen molar-refractivity contribution < 1.29 is 4.79 Å². The zero-order chi connectivity index (χ0) is 13.1. The first-order valence-corrected chi connectivity index (χ1v) is 7.66. The first kappa shape index (κ1) is 12.9. The lowest BCUT2D eigenvalue weighted by Crippen LogP contribution is -2.43. The second-order valence-corrected chi connectivity index (χ2v) is 6.34. The topological polar surface area (TPSA) is 36.1 Å². The number of likely N-dealkylation sites (tertiary alicyclic amines) is 1. The first-order valence-electron chi connectivity index (χ1n) is 7.66. The quantitative estimate of drug-likeness (QED) is 0.847. The van der Waals surface area contributed by atoms with E-state index in [0.717, 1.165) is 18.8 Å². The number of aromatic amines is 1. The van der Waals surface area contributed by atoms with Crippen molar-refractivity contribution in [2.45, 2.75) is 44.9 Å². The SMILES string of the molecule is O=C(CN1CCC2(CCCCC2)CC1)c1ccc[nH]1. The van der Waals surface area contributed by atoms with Gasteiger partial charge in [-0.3, -0.25) is 9.69 Å². The largest absolute Gasteiger partial charge is 0.359 e. The monoisotopic (exact) mass is 260 g/mol. The molecule has 3 heteroatoms. The maximum Gasteiger partial charge on any atom is 0.192 e. The van der Waals surface area contributed by atoms with Gasteiger partial charge < -0.3 is 4.98 Å². The minimum absolute atomic E-state index is 0.226. The number of Topliss-reactive ketones (excluding diaryl/α,β-unsaturated/α-hetero) is 1. The van der Waals surface area contributed by atoms with Crippen LogP contribution in [0.1, 0.15) is 55.4 Å². The number of aromatic nitrogens is 1. The molecule has 1 N–H and O–H groups in total. The van der Waals surface area contributed by atoms with Crippen LogP contribution < -0.4 is 0 Å². The molecule has 2 heterocycles. The molecular weight excluding hydrogens is 236 g/mol. The summed E-state index contributed by atoms with van der Waals surface area (Å²) in [4.78, 5) is 17.4. The van der Waals surface area contributed by atoms with Gasteiger partial charge in [-0.25, -0.2) is 0 Å². The van der Waals surface area contributed by atoms with Crippen molar-refractivity contribution in [3.8, 4) is 0 Å². The Balaban J connectivity index is 1.51. The summed E-state index contributed by atoms with van der Waals surface area (Å²) in [5, 5.41) is 0. The Morgan fingerprint density at radius 3 is 2.53 bits per heavy atom. The number of carbonyl (C=O) groups excluding carboxylic acids is 1. The molecule has 104 valence electrons. The van der Waals surface area contributed by atoms with E-state index in [2.05, 4.69) is 9.88 Å². The average molecular weight is 260 g/mol. The van der Waals surface area contributed by atoms with E-state index in [1.54, 1.807) is 0 Å². The molecule has 0 atom stereocenters. The van der Waals surface area contributed by atoms with Crippen molar-refractivity contribution in [2.24, 2.45) is 5.41 Å². The van der Waals surface area contributed by atoms with E-state index in [-0.39, 0.29) is 5.78 Å². The molecule has 0 amide bonds. The zero-order valence-corrected chi connectivity index (χ0v) is 11.7. The Bertz CT molecular complexity index is 408. The summed E-state index contributed by atoms with van der Waals surface area (Å²) in [5.74, 6) is 0.226. The molecule has 1 aliphatic heterocycles. The van der Waals surface area contributed by atoms with Gasteiger partial charge >= 0.3 is 0 Å². The summed E-state index contributed by atoms with van der Waals surface area (Å²) in [6.45, 7) is 2.79. The van der Waals surface area contributed by atoms with Crippen LogP contribution in [0.4, 0.5) is 0 Å². The second kappa shape index (κ2) is 5.49. The van der Waals surface area contributed by atoms with E-state index in [1.807, 2.05) is 18.3 Å². The minimum Gasteiger partial charge on any atom is -0.359 e. The highest BCUT2D eigenvalue weighted by molar-refractivity contribution is 5.95. The van der Waals surface area contributed by atoms with Crippen LogP contribution in [-0.4, -0.2) is 35.3 Å². The number of H-pyrrole nitrogens is 1. The van der Waals surface area contributed by atoms with E-state index in [1.165, 1.54) is 44.9 Å². The molecule has 2 fully saturated rings. The normalized spacial score (nSPS) is 23.6. The lowest BCUT2D eigenvalue weighted by molar-refractivity contribution is 0.0609. The van der Waals surface area contributed by atoms with Gasteiger partial charge in [-0.15, -0.1) is 0 Å². The lowest BCUT2D eigenvalue weighted by atomic mass is 9.68. The molecule has 1 aliphatic carbocycles. The van der Waals surface area contributed by atoms with Gasteiger partial charge in [0.1, 0.15) is 0 Å². The maximum absolute atomic E-state index is 12.1. The van der Waals surface area contributed by atoms with E-state index in [0.29, 0.717) is 12.0 Å². The number of rotatable bonds is 3. The fourth-order valence-electron chi connectivity index (χ4n) is 3.78. The van der Waals surface area contributed by atoms with E-state index < -0.39 is 0 Å². The van der Waals surface area contributed by atoms with Crippen LogP contribution in [-0.2, 0) is 0 Å². The third-order valence-electron chi connectivity index (χ3n) is 5.10. The molecule has 1 saturated carbocycles. The molecule has 1 aromatic heterocycles. The molecule has 19 heavy (non-hydrogen) atoms. The third kappa shape index (κ3) is 2.92. The van der Waals surface area contributed by atoms with Crippen molar-refractivity contribution >= 4 is 5.78 Å². The third-order valence-corrected chi connectivity index (χ3v) is 5.10. The molecule has 0 aromatic carbocycles. The summed E-state index contributed by atoms with van der Waals surface area (Å²) in [6, 6.07) is 3.76.